The number of hydrogen-bond donors (Lipinski definition) is 0. The topological polar surface area (TPSA) is 18.5 Å². The first-order valence-electron chi connectivity index (χ1n) is 6.29. The van der Waals surface area contributed by atoms with Crippen molar-refractivity contribution in [3.05, 3.63) is 64.7 Å². The van der Waals surface area contributed by atoms with Gasteiger partial charge in [0, 0.05) is 9.45 Å². The highest BCUT2D eigenvalue weighted by Gasteiger charge is 2.10. The number of alkyl halides is 1. The lowest BCUT2D eigenvalue weighted by Crippen LogP contribution is -2.05. The van der Waals surface area contributed by atoms with Crippen molar-refractivity contribution in [1.82, 2.24) is 0 Å². The predicted molar refractivity (Wildman–Crippen MR) is 90.9 cm³/mol. The molecule has 0 amide bonds. The maximum atomic E-state index is 5.99. The van der Waals surface area contributed by atoms with Gasteiger partial charge in [-0.05, 0) is 35.4 Å². The molecule has 0 heterocycles. The van der Waals surface area contributed by atoms with Gasteiger partial charge in [-0.15, -0.1) is 0 Å². The summed E-state index contributed by atoms with van der Waals surface area (Å²) in [6.45, 7) is 0.584. The number of benzene rings is 2. The van der Waals surface area contributed by atoms with E-state index in [9.17, 15) is 0 Å². The van der Waals surface area contributed by atoms with Crippen LogP contribution >= 0.6 is 34.2 Å². The van der Waals surface area contributed by atoms with E-state index in [2.05, 4.69) is 22.6 Å². The lowest BCUT2D eigenvalue weighted by molar-refractivity contribution is 0.0577. The summed E-state index contributed by atoms with van der Waals surface area (Å²) in [6, 6.07) is 15.7. The van der Waals surface area contributed by atoms with Gasteiger partial charge in [-0.25, -0.2) is 0 Å². The standard InChI is InChI=1S/C16H16ClIO2/c1-19-15-8-2-12(3-9-15)11-20-16(10-18)13-4-6-14(17)7-5-13/h2-9,16H,10-11H2,1H3. The van der Waals surface area contributed by atoms with E-state index < -0.39 is 0 Å². The molecule has 0 aromatic heterocycles. The summed E-state index contributed by atoms with van der Waals surface area (Å²) in [5.74, 6) is 0.858. The third kappa shape index (κ3) is 4.36. The summed E-state index contributed by atoms with van der Waals surface area (Å²) in [5.41, 5.74) is 2.28. The Hall–Kier alpha value is -0.780. The van der Waals surface area contributed by atoms with Crippen LogP contribution in [0, 0.1) is 0 Å². The predicted octanol–water partition coefficient (Wildman–Crippen LogP) is 5.04. The summed E-state index contributed by atoms with van der Waals surface area (Å²) >= 11 is 8.24. The highest BCUT2D eigenvalue weighted by molar-refractivity contribution is 14.1. The second kappa shape index (κ2) is 7.86. The average Bonchev–Trinajstić information content (AvgIpc) is 2.50. The van der Waals surface area contributed by atoms with Crippen molar-refractivity contribution < 1.29 is 9.47 Å². The zero-order valence-electron chi connectivity index (χ0n) is 11.2. The molecule has 2 nitrogen and oxygen atoms in total. The van der Waals surface area contributed by atoms with Crippen LogP contribution in [0.4, 0.5) is 0 Å². The first-order chi connectivity index (χ1) is 9.72. The molecule has 0 fully saturated rings. The Morgan fingerprint density at radius 3 is 2.25 bits per heavy atom. The van der Waals surface area contributed by atoms with Gasteiger partial charge in [-0.2, -0.15) is 0 Å². The minimum atomic E-state index is 0.0787. The lowest BCUT2D eigenvalue weighted by atomic mass is 10.1. The van der Waals surface area contributed by atoms with E-state index in [4.69, 9.17) is 21.1 Å². The molecule has 2 aromatic carbocycles. The first kappa shape index (κ1) is 15.6. The smallest absolute Gasteiger partial charge is 0.118 e. The van der Waals surface area contributed by atoms with Crippen molar-refractivity contribution >= 4 is 34.2 Å². The maximum Gasteiger partial charge on any atom is 0.118 e. The fourth-order valence-electron chi connectivity index (χ4n) is 1.83. The van der Waals surface area contributed by atoms with Crippen molar-refractivity contribution in [3.63, 3.8) is 0 Å². The summed E-state index contributed by atoms with van der Waals surface area (Å²) in [4.78, 5) is 0. The molecule has 0 N–H and O–H groups in total. The van der Waals surface area contributed by atoms with Crippen LogP contribution in [0.2, 0.25) is 5.02 Å². The van der Waals surface area contributed by atoms with Crippen LogP contribution in [0.1, 0.15) is 17.2 Å². The van der Waals surface area contributed by atoms with Crippen LogP contribution in [0.25, 0.3) is 0 Å². The largest absolute Gasteiger partial charge is 0.497 e. The van der Waals surface area contributed by atoms with Crippen LogP contribution in [0.15, 0.2) is 48.5 Å². The van der Waals surface area contributed by atoms with Crippen molar-refractivity contribution in [2.75, 3.05) is 11.5 Å². The van der Waals surface area contributed by atoms with Crippen molar-refractivity contribution in [1.29, 1.82) is 0 Å². The van der Waals surface area contributed by atoms with Gasteiger partial charge >= 0.3 is 0 Å². The molecule has 0 radical (unpaired) electrons. The molecular weight excluding hydrogens is 387 g/mol. The Balaban J connectivity index is 1.97. The molecule has 20 heavy (non-hydrogen) atoms. The molecule has 0 saturated heterocycles. The minimum absolute atomic E-state index is 0.0787. The van der Waals surface area contributed by atoms with Crippen LogP contribution in [0.5, 0.6) is 5.75 Å². The van der Waals surface area contributed by atoms with Crippen LogP contribution in [0.3, 0.4) is 0 Å². The fourth-order valence-corrected chi connectivity index (χ4v) is 2.71. The molecule has 0 spiro atoms. The minimum Gasteiger partial charge on any atom is -0.497 e. The molecule has 106 valence electrons. The highest BCUT2D eigenvalue weighted by atomic mass is 127. The summed E-state index contributed by atoms with van der Waals surface area (Å²) in [6.07, 6.45) is 0.0787. The van der Waals surface area contributed by atoms with Gasteiger partial charge in [0.2, 0.25) is 0 Å². The summed E-state index contributed by atoms with van der Waals surface area (Å²) in [7, 11) is 1.66. The Morgan fingerprint density at radius 2 is 1.70 bits per heavy atom. The average molecular weight is 403 g/mol. The quantitative estimate of drug-likeness (QED) is 0.498. The number of ether oxygens (including phenoxy) is 2. The van der Waals surface area contributed by atoms with E-state index in [-0.39, 0.29) is 6.10 Å². The first-order valence-corrected chi connectivity index (χ1v) is 8.19. The van der Waals surface area contributed by atoms with Crippen molar-refractivity contribution in [3.8, 4) is 5.75 Å². The van der Waals surface area contributed by atoms with Gasteiger partial charge < -0.3 is 9.47 Å². The van der Waals surface area contributed by atoms with E-state index in [1.807, 2.05) is 48.5 Å². The molecule has 1 atom stereocenters. The monoisotopic (exact) mass is 402 g/mol. The Labute approximate surface area is 138 Å². The molecule has 0 aliphatic rings. The molecule has 4 heteroatoms. The van der Waals surface area contributed by atoms with Crippen LogP contribution < -0.4 is 4.74 Å². The van der Waals surface area contributed by atoms with E-state index >= 15 is 0 Å². The molecule has 1 unspecified atom stereocenters. The van der Waals surface area contributed by atoms with E-state index in [1.165, 1.54) is 0 Å². The van der Waals surface area contributed by atoms with Crippen molar-refractivity contribution in [2.45, 2.75) is 12.7 Å². The van der Waals surface area contributed by atoms with Gasteiger partial charge in [-0.1, -0.05) is 58.5 Å². The van der Waals surface area contributed by atoms with E-state index in [1.54, 1.807) is 7.11 Å². The van der Waals surface area contributed by atoms with E-state index in [0.717, 1.165) is 26.3 Å². The third-order valence-corrected chi connectivity index (χ3v) is 4.04. The van der Waals surface area contributed by atoms with Gasteiger partial charge in [-0.3, -0.25) is 0 Å². The van der Waals surface area contributed by atoms with Gasteiger partial charge in [0.15, 0.2) is 0 Å². The second-order valence-electron chi connectivity index (χ2n) is 4.35. The normalized spacial score (nSPS) is 12.2. The van der Waals surface area contributed by atoms with Gasteiger partial charge in [0.25, 0.3) is 0 Å². The maximum absolute atomic E-state index is 5.99. The number of hydrogen-bond acceptors (Lipinski definition) is 2. The van der Waals surface area contributed by atoms with Crippen molar-refractivity contribution in [2.24, 2.45) is 0 Å². The molecule has 2 aromatic rings. The fraction of sp³-hybridized carbons (Fsp3) is 0.250. The van der Waals surface area contributed by atoms with Gasteiger partial charge in [0.1, 0.15) is 5.75 Å². The Kier molecular flexibility index (Phi) is 6.13. The molecular formula is C16H16ClIO2. The number of halogens is 2. The lowest BCUT2D eigenvalue weighted by Gasteiger charge is -2.16. The Bertz CT molecular complexity index is 525. The number of methoxy groups -OCH3 is 1. The summed E-state index contributed by atoms with van der Waals surface area (Å²) < 4.78 is 12.0. The molecule has 2 rings (SSSR count). The number of rotatable bonds is 6. The Morgan fingerprint density at radius 1 is 1.05 bits per heavy atom. The zero-order valence-corrected chi connectivity index (χ0v) is 14.1. The molecule has 0 bridgehead atoms. The molecule has 0 saturated carbocycles. The molecule has 0 aliphatic carbocycles. The molecule has 0 aliphatic heterocycles. The highest BCUT2D eigenvalue weighted by Crippen LogP contribution is 2.23. The summed E-state index contributed by atoms with van der Waals surface area (Å²) in [5, 5.41) is 0.746. The zero-order chi connectivity index (χ0) is 14.4. The third-order valence-electron chi connectivity index (χ3n) is 2.99. The SMILES string of the molecule is COc1ccc(COC(CI)c2ccc(Cl)cc2)cc1. The van der Waals surface area contributed by atoms with E-state index in [0.29, 0.717) is 6.61 Å². The second-order valence-corrected chi connectivity index (χ2v) is 5.67. The van der Waals surface area contributed by atoms with Gasteiger partial charge in [0.05, 0.1) is 19.8 Å². The van der Waals surface area contributed by atoms with Crippen LogP contribution in [-0.2, 0) is 11.3 Å². The van der Waals surface area contributed by atoms with Crippen LogP contribution in [-0.4, -0.2) is 11.5 Å².